The molecule has 1 aliphatic heterocycles. The van der Waals surface area contributed by atoms with Gasteiger partial charge in [-0.05, 0) is 43.2 Å². The highest BCUT2D eigenvalue weighted by molar-refractivity contribution is 5.61. The summed E-state index contributed by atoms with van der Waals surface area (Å²) in [5, 5.41) is 7.38. The van der Waals surface area contributed by atoms with Gasteiger partial charge in [-0.3, -0.25) is 4.90 Å². The summed E-state index contributed by atoms with van der Waals surface area (Å²) in [5.74, 6) is 0.818. The van der Waals surface area contributed by atoms with E-state index in [0.717, 1.165) is 26.2 Å². The minimum atomic E-state index is -0.252. The summed E-state index contributed by atoms with van der Waals surface area (Å²) in [6, 6.07) is 11.3. The fraction of sp³-hybridized carbons (Fsp3) is 0.435. The predicted molar refractivity (Wildman–Crippen MR) is 124 cm³/mol. The van der Waals surface area contributed by atoms with Crippen molar-refractivity contribution in [2.45, 2.75) is 38.1 Å². The minimum Gasteiger partial charge on any atom is -0.368 e. The summed E-state index contributed by atoms with van der Waals surface area (Å²) < 4.78 is 16.4. The second-order valence-electron chi connectivity index (χ2n) is 8.50. The van der Waals surface area contributed by atoms with Gasteiger partial charge in [0.05, 0.1) is 5.69 Å². The van der Waals surface area contributed by atoms with Gasteiger partial charge in [-0.1, -0.05) is 25.3 Å². The molecule has 1 aromatic carbocycles. The Morgan fingerprint density at radius 3 is 2.53 bits per heavy atom. The van der Waals surface area contributed by atoms with Crippen LogP contribution < -0.4 is 16.0 Å². The number of hydrogen-bond donors (Lipinski definition) is 2. The number of anilines is 4. The first-order chi connectivity index (χ1) is 15.7. The third kappa shape index (κ3) is 4.38. The van der Waals surface area contributed by atoms with Crippen LogP contribution in [-0.4, -0.2) is 56.9 Å². The number of nitrogen functional groups attached to an aromatic ring is 1. The number of pyridine rings is 1. The molecule has 3 heterocycles. The van der Waals surface area contributed by atoms with Crippen LogP contribution in [0, 0.1) is 5.82 Å². The molecule has 1 aliphatic carbocycles. The van der Waals surface area contributed by atoms with Crippen LogP contribution in [0.2, 0.25) is 0 Å². The Morgan fingerprint density at radius 1 is 1.00 bits per heavy atom. The van der Waals surface area contributed by atoms with E-state index in [9.17, 15) is 4.39 Å². The fourth-order valence-electron chi connectivity index (χ4n) is 4.77. The quantitative estimate of drug-likeness (QED) is 0.632. The first kappa shape index (κ1) is 20.7. The van der Waals surface area contributed by atoms with Crippen molar-refractivity contribution in [2.24, 2.45) is 0 Å². The molecule has 168 valence electrons. The van der Waals surface area contributed by atoms with Crippen molar-refractivity contribution in [3.63, 3.8) is 0 Å². The van der Waals surface area contributed by atoms with Gasteiger partial charge < -0.3 is 16.0 Å². The number of halogens is 1. The van der Waals surface area contributed by atoms with E-state index in [0.29, 0.717) is 29.2 Å². The number of nitrogens with two attached hydrogens (primary N) is 1. The van der Waals surface area contributed by atoms with E-state index >= 15 is 0 Å². The lowest BCUT2D eigenvalue weighted by Gasteiger charge is -2.41. The number of nitrogens with zero attached hydrogens (tertiary/aromatic N) is 6. The lowest BCUT2D eigenvalue weighted by atomic mass is 9.94. The molecule has 5 rings (SSSR count). The van der Waals surface area contributed by atoms with Gasteiger partial charge in [0, 0.05) is 44.1 Å². The predicted octanol–water partition coefficient (Wildman–Crippen LogP) is 3.58. The van der Waals surface area contributed by atoms with Gasteiger partial charge in [-0.25, -0.2) is 9.37 Å². The standard InChI is InChI=1S/C23H29FN8/c24-19-16-17(27-23-28-22(25)32(29-23)21-8-4-5-11-26-21)9-10-20(19)31-14-12-30(13-15-31)18-6-2-1-3-7-18/h4-5,8-11,16,18H,1-3,6-7,12-15H2,(H3,25,27,28,29). The van der Waals surface area contributed by atoms with Gasteiger partial charge in [0.15, 0.2) is 5.82 Å². The molecule has 32 heavy (non-hydrogen) atoms. The molecule has 0 atom stereocenters. The summed E-state index contributed by atoms with van der Waals surface area (Å²) in [6.07, 6.45) is 8.33. The highest BCUT2D eigenvalue weighted by Crippen LogP contribution is 2.28. The molecule has 1 saturated heterocycles. The third-order valence-electron chi connectivity index (χ3n) is 6.45. The molecule has 0 unspecified atom stereocenters. The number of rotatable bonds is 5. The Bertz CT molecular complexity index is 1040. The number of hydrogen-bond acceptors (Lipinski definition) is 7. The highest BCUT2D eigenvalue weighted by atomic mass is 19.1. The van der Waals surface area contributed by atoms with Crippen molar-refractivity contribution in [3.8, 4) is 5.82 Å². The van der Waals surface area contributed by atoms with Gasteiger partial charge in [0.25, 0.3) is 0 Å². The summed E-state index contributed by atoms with van der Waals surface area (Å²) in [5.41, 5.74) is 7.19. The first-order valence-electron chi connectivity index (χ1n) is 11.4. The molecule has 1 saturated carbocycles. The molecule has 2 aromatic heterocycles. The molecular weight excluding hydrogens is 407 g/mol. The largest absolute Gasteiger partial charge is 0.368 e. The molecular formula is C23H29FN8. The fourth-order valence-corrected chi connectivity index (χ4v) is 4.77. The second-order valence-corrected chi connectivity index (χ2v) is 8.50. The molecule has 9 heteroatoms. The van der Waals surface area contributed by atoms with Crippen molar-refractivity contribution >= 4 is 23.3 Å². The van der Waals surface area contributed by atoms with E-state index in [4.69, 9.17) is 5.73 Å². The van der Waals surface area contributed by atoms with Gasteiger partial charge in [-0.15, -0.1) is 5.10 Å². The normalized spacial score (nSPS) is 18.1. The molecule has 0 spiro atoms. The Morgan fingerprint density at radius 2 is 1.81 bits per heavy atom. The molecule has 3 aromatic rings. The third-order valence-corrected chi connectivity index (χ3v) is 6.45. The van der Waals surface area contributed by atoms with Crippen LogP contribution in [0.4, 0.5) is 27.7 Å². The Kier molecular flexibility index (Phi) is 5.89. The van der Waals surface area contributed by atoms with Crippen molar-refractivity contribution < 1.29 is 4.39 Å². The lowest BCUT2D eigenvalue weighted by molar-refractivity contribution is 0.147. The van der Waals surface area contributed by atoms with Crippen LogP contribution in [0.1, 0.15) is 32.1 Å². The van der Waals surface area contributed by atoms with Crippen LogP contribution in [0.15, 0.2) is 42.6 Å². The van der Waals surface area contributed by atoms with Crippen molar-refractivity contribution in [1.82, 2.24) is 24.6 Å². The van der Waals surface area contributed by atoms with Gasteiger partial charge in [0.1, 0.15) is 5.82 Å². The molecule has 0 amide bonds. The van der Waals surface area contributed by atoms with Gasteiger partial charge in [-0.2, -0.15) is 9.67 Å². The van der Waals surface area contributed by atoms with E-state index in [1.54, 1.807) is 12.3 Å². The number of benzene rings is 1. The zero-order valence-electron chi connectivity index (χ0n) is 18.1. The van der Waals surface area contributed by atoms with Crippen molar-refractivity contribution in [1.29, 1.82) is 0 Å². The van der Waals surface area contributed by atoms with E-state index in [2.05, 4.69) is 30.2 Å². The van der Waals surface area contributed by atoms with Gasteiger partial charge >= 0.3 is 0 Å². The number of piperazine rings is 1. The Labute approximate surface area is 187 Å². The smallest absolute Gasteiger partial charge is 0.248 e. The van der Waals surface area contributed by atoms with E-state index in [1.807, 2.05) is 24.3 Å². The summed E-state index contributed by atoms with van der Waals surface area (Å²) in [4.78, 5) is 13.2. The van der Waals surface area contributed by atoms with Crippen LogP contribution in [0.25, 0.3) is 5.82 Å². The van der Waals surface area contributed by atoms with E-state index in [-0.39, 0.29) is 11.8 Å². The average Bonchev–Trinajstić information content (AvgIpc) is 3.20. The Balaban J connectivity index is 1.23. The molecule has 3 N–H and O–H groups in total. The topological polar surface area (TPSA) is 88.1 Å². The van der Waals surface area contributed by atoms with Crippen LogP contribution in [-0.2, 0) is 0 Å². The number of nitrogens with one attached hydrogen (secondary N) is 1. The van der Waals surface area contributed by atoms with Gasteiger partial charge in [0.2, 0.25) is 11.9 Å². The summed E-state index contributed by atoms with van der Waals surface area (Å²) >= 11 is 0. The number of aromatic nitrogens is 4. The molecule has 8 nitrogen and oxygen atoms in total. The zero-order valence-corrected chi connectivity index (χ0v) is 18.1. The first-order valence-corrected chi connectivity index (χ1v) is 11.4. The average molecular weight is 437 g/mol. The minimum absolute atomic E-state index is 0.208. The van der Waals surface area contributed by atoms with Crippen LogP contribution in [0.3, 0.4) is 0 Å². The van der Waals surface area contributed by atoms with Crippen molar-refractivity contribution in [3.05, 3.63) is 48.4 Å². The highest BCUT2D eigenvalue weighted by Gasteiger charge is 2.26. The summed E-state index contributed by atoms with van der Waals surface area (Å²) in [6.45, 7) is 3.70. The monoisotopic (exact) mass is 436 g/mol. The molecule has 2 fully saturated rings. The second kappa shape index (κ2) is 9.12. The maximum atomic E-state index is 15.0. The lowest BCUT2D eigenvalue weighted by Crippen LogP contribution is -2.51. The molecule has 2 aliphatic rings. The van der Waals surface area contributed by atoms with E-state index < -0.39 is 0 Å². The SMILES string of the molecule is Nc1nc(Nc2ccc(N3CCN(C4CCCCC4)CC3)c(F)c2)nn1-c1ccccn1. The zero-order chi connectivity index (χ0) is 21.9. The molecule has 0 radical (unpaired) electrons. The van der Waals surface area contributed by atoms with E-state index in [1.165, 1.54) is 42.9 Å². The van der Waals surface area contributed by atoms with Crippen LogP contribution in [0.5, 0.6) is 0 Å². The maximum Gasteiger partial charge on any atom is 0.248 e. The van der Waals surface area contributed by atoms with Crippen LogP contribution >= 0.6 is 0 Å². The maximum absolute atomic E-state index is 15.0. The summed E-state index contributed by atoms with van der Waals surface area (Å²) in [7, 11) is 0. The van der Waals surface area contributed by atoms with Crippen molar-refractivity contribution in [2.75, 3.05) is 42.1 Å². The Hall–Kier alpha value is -3.20. The molecule has 0 bridgehead atoms.